The van der Waals surface area contributed by atoms with E-state index in [4.69, 9.17) is 5.73 Å². The van der Waals surface area contributed by atoms with Gasteiger partial charge in [-0.05, 0) is 43.7 Å². The number of halogens is 1. The summed E-state index contributed by atoms with van der Waals surface area (Å²) in [7, 11) is 0. The molecule has 1 aliphatic heterocycles. The molecule has 1 atom stereocenters. The molecule has 0 aliphatic carbocycles. The number of fused-ring (bicyclic) bond motifs is 1. The van der Waals surface area contributed by atoms with Crippen LogP contribution in [0.4, 0.5) is 10.1 Å². The lowest BCUT2D eigenvalue weighted by Gasteiger charge is -2.16. The minimum absolute atomic E-state index is 0.145. The smallest absolute Gasteiger partial charge is 0.123 e. The van der Waals surface area contributed by atoms with Crippen LogP contribution in [0.3, 0.4) is 0 Å². The van der Waals surface area contributed by atoms with Gasteiger partial charge in [0.05, 0.1) is 0 Å². The Bertz CT molecular complexity index is 351. The number of anilines is 1. The van der Waals surface area contributed by atoms with Gasteiger partial charge in [0, 0.05) is 24.7 Å². The Morgan fingerprint density at radius 3 is 3.00 bits per heavy atom. The minimum Gasteiger partial charge on any atom is -0.371 e. The lowest BCUT2D eigenvalue weighted by molar-refractivity contribution is 0.616. The summed E-state index contributed by atoms with van der Waals surface area (Å²) in [5.74, 6) is 0.259. The van der Waals surface area contributed by atoms with Crippen molar-refractivity contribution in [2.75, 3.05) is 24.5 Å². The fourth-order valence-electron chi connectivity index (χ4n) is 2.35. The number of hydrogen-bond donors (Lipinski definition) is 1. The maximum absolute atomic E-state index is 13.2. The van der Waals surface area contributed by atoms with Gasteiger partial charge < -0.3 is 10.6 Å². The molecule has 0 saturated carbocycles. The van der Waals surface area contributed by atoms with Crippen LogP contribution in [0.25, 0.3) is 0 Å². The average Bonchev–Trinajstić information content (AvgIpc) is 2.57. The van der Waals surface area contributed by atoms with Gasteiger partial charge in [0.15, 0.2) is 0 Å². The van der Waals surface area contributed by atoms with Crippen molar-refractivity contribution in [3.05, 3.63) is 29.6 Å². The van der Waals surface area contributed by atoms with Gasteiger partial charge >= 0.3 is 0 Å². The van der Waals surface area contributed by atoms with Crippen LogP contribution in [0.15, 0.2) is 18.2 Å². The summed E-state index contributed by atoms with van der Waals surface area (Å²) in [5, 5.41) is 0. The van der Waals surface area contributed by atoms with Gasteiger partial charge in [-0.3, -0.25) is 0 Å². The fraction of sp³-hybridized carbons (Fsp3) is 0.500. The van der Waals surface area contributed by atoms with Gasteiger partial charge in [-0.25, -0.2) is 4.39 Å². The molecule has 3 heteroatoms. The number of benzene rings is 1. The van der Waals surface area contributed by atoms with Crippen molar-refractivity contribution in [3.63, 3.8) is 0 Å². The third-order valence-electron chi connectivity index (χ3n) is 3.11. The van der Waals surface area contributed by atoms with E-state index in [1.54, 1.807) is 6.07 Å². The second kappa shape index (κ2) is 4.19. The summed E-state index contributed by atoms with van der Waals surface area (Å²) in [5.41, 5.74) is 7.88. The van der Waals surface area contributed by atoms with E-state index in [-0.39, 0.29) is 5.82 Å². The Morgan fingerprint density at radius 2 is 2.33 bits per heavy atom. The molecule has 0 radical (unpaired) electrons. The molecule has 1 aromatic carbocycles. The predicted molar refractivity (Wildman–Crippen MR) is 60.7 cm³/mol. The first kappa shape index (κ1) is 10.4. The summed E-state index contributed by atoms with van der Waals surface area (Å²) in [6.45, 7) is 4.74. The average molecular weight is 208 g/mol. The third kappa shape index (κ3) is 1.84. The Hall–Kier alpha value is -1.09. The molecular formula is C12H17FN2. The van der Waals surface area contributed by atoms with Crippen molar-refractivity contribution in [3.8, 4) is 0 Å². The maximum Gasteiger partial charge on any atom is 0.123 e. The van der Waals surface area contributed by atoms with Crippen LogP contribution < -0.4 is 10.6 Å². The van der Waals surface area contributed by atoms with E-state index in [1.807, 2.05) is 6.07 Å². The quantitative estimate of drug-likeness (QED) is 0.824. The molecule has 1 heterocycles. The van der Waals surface area contributed by atoms with E-state index in [2.05, 4.69) is 11.8 Å². The van der Waals surface area contributed by atoms with Gasteiger partial charge in [0.25, 0.3) is 0 Å². The summed E-state index contributed by atoms with van der Waals surface area (Å²) >= 11 is 0. The van der Waals surface area contributed by atoms with Gasteiger partial charge in [0.1, 0.15) is 5.82 Å². The normalized spacial score (nSPS) is 19.4. The van der Waals surface area contributed by atoms with E-state index in [9.17, 15) is 4.39 Å². The lowest BCUT2D eigenvalue weighted by atomic mass is 9.98. The highest BCUT2D eigenvalue weighted by atomic mass is 19.1. The zero-order valence-electron chi connectivity index (χ0n) is 9.04. The first-order valence-electron chi connectivity index (χ1n) is 5.50. The molecule has 1 aromatic rings. The Kier molecular flexibility index (Phi) is 2.91. The van der Waals surface area contributed by atoms with Gasteiger partial charge in [0.2, 0.25) is 0 Å². The largest absolute Gasteiger partial charge is 0.371 e. The molecule has 0 fully saturated rings. The summed E-state index contributed by atoms with van der Waals surface area (Å²) in [4.78, 5) is 2.29. The highest BCUT2D eigenvalue weighted by Gasteiger charge is 2.27. The fourth-order valence-corrected chi connectivity index (χ4v) is 2.35. The van der Waals surface area contributed by atoms with Crippen LogP contribution >= 0.6 is 0 Å². The number of likely N-dealkylation sites (N-methyl/N-ethyl adjacent to an activating group) is 1. The number of rotatable bonds is 3. The topological polar surface area (TPSA) is 29.3 Å². The number of nitrogens with two attached hydrogens (primary N) is 1. The molecule has 0 amide bonds. The second-order valence-corrected chi connectivity index (χ2v) is 4.02. The molecule has 1 unspecified atom stereocenters. The predicted octanol–water partition coefficient (Wildman–Crippen LogP) is 2.10. The molecule has 0 aromatic heterocycles. The van der Waals surface area contributed by atoms with Crippen molar-refractivity contribution in [1.29, 1.82) is 0 Å². The van der Waals surface area contributed by atoms with Crippen LogP contribution in [0.2, 0.25) is 0 Å². The minimum atomic E-state index is -0.145. The standard InChI is InChI=1S/C12H17FN2/c1-2-15-8-9(5-6-14)11-7-10(13)3-4-12(11)15/h3-4,7,9H,2,5-6,8,14H2,1H3. The van der Waals surface area contributed by atoms with Crippen LogP contribution in [0.5, 0.6) is 0 Å². The third-order valence-corrected chi connectivity index (χ3v) is 3.11. The molecule has 15 heavy (non-hydrogen) atoms. The highest BCUT2D eigenvalue weighted by molar-refractivity contribution is 5.60. The van der Waals surface area contributed by atoms with Crippen molar-refractivity contribution in [2.45, 2.75) is 19.3 Å². The molecule has 0 saturated heterocycles. The van der Waals surface area contributed by atoms with E-state index in [1.165, 1.54) is 11.8 Å². The van der Waals surface area contributed by atoms with E-state index in [0.29, 0.717) is 12.5 Å². The van der Waals surface area contributed by atoms with Crippen molar-refractivity contribution in [1.82, 2.24) is 0 Å². The van der Waals surface area contributed by atoms with Gasteiger partial charge in [-0.15, -0.1) is 0 Å². The van der Waals surface area contributed by atoms with Crippen LogP contribution in [0, 0.1) is 5.82 Å². The molecule has 0 spiro atoms. The van der Waals surface area contributed by atoms with Crippen molar-refractivity contribution in [2.24, 2.45) is 5.73 Å². The summed E-state index contributed by atoms with van der Waals surface area (Å²) < 4.78 is 13.2. The zero-order chi connectivity index (χ0) is 10.8. The summed E-state index contributed by atoms with van der Waals surface area (Å²) in [6, 6.07) is 5.07. The van der Waals surface area contributed by atoms with Gasteiger partial charge in [-0.2, -0.15) is 0 Å². The number of hydrogen-bond acceptors (Lipinski definition) is 2. The molecule has 0 bridgehead atoms. The lowest BCUT2D eigenvalue weighted by Crippen LogP contribution is -2.21. The zero-order valence-corrected chi connectivity index (χ0v) is 9.04. The molecule has 2 rings (SSSR count). The first-order chi connectivity index (χ1) is 7.26. The molecule has 82 valence electrons. The molecule has 1 aliphatic rings. The van der Waals surface area contributed by atoms with E-state index >= 15 is 0 Å². The monoisotopic (exact) mass is 208 g/mol. The van der Waals surface area contributed by atoms with Crippen molar-refractivity contribution >= 4 is 5.69 Å². The Morgan fingerprint density at radius 1 is 1.53 bits per heavy atom. The highest BCUT2D eigenvalue weighted by Crippen LogP contribution is 2.37. The Balaban J connectivity index is 2.34. The van der Waals surface area contributed by atoms with Crippen LogP contribution in [-0.2, 0) is 0 Å². The molecular weight excluding hydrogens is 191 g/mol. The van der Waals surface area contributed by atoms with E-state index in [0.717, 1.165) is 25.1 Å². The summed E-state index contributed by atoms with van der Waals surface area (Å²) in [6.07, 6.45) is 0.937. The van der Waals surface area contributed by atoms with Crippen molar-refractivity contribution < 1.29 is 4.39 Å². The van der Waals surface area contributed by atoms with Gasteiger partial charge in [-0.1, -0.05) is 0 Å². The molecule has 2 N–H and O–H groups in total. The molecule has 2 nitrogen and oxygen atoms in total. The Labute approximate surface area is 89.9 Å². The number of nitrogens with zero attached hydrogens (tertiary/aromatic N) is 1. The van der Waals surface area contributed by atoms with Crippen LogP contribution in [-0.4, -0.2) is 19.6 Å². The maximum atomic E-state index is 13.2. The second-order valence-electron chi connectivity index (χ2n) is 4.02. The van der Waals surface area contributed by atoms with Crippen LogP contribution in [0.1, 0.15) is 24.8 Å². The SMILES string of the molecule is CCN1CC(CCN)c2cc(F)ccc21. The first-order valence-corrected chi connectivity index (χ1v) is 5.50. The van der Waals surface area contributed by atoms with E-state index < -0.39 is 0 Å².